The number of aliphatic hydroxyl groups is 1. The molecule has 0 spiro atoms. The van der Waals surface area contributed by atoms with E-state index in [1.54, 1.807) is 6.07 Å². The summed E-state index contributed by atoms with van der Waals surface area (Å²) in [6.07, 6.45) is -0.165. The Kier molecular flexibility index (Phi) is 4.39. The minimum atomic E-state index is -1.61. The lowest BCUT2D eigenvalue weighted by atomic mass is 10.3. The number of carbonyl (C=O) groups excluding carboxylic acids is 1. The van der Waals surface area contributed by atoms with Gasteiger partial charge in [-0.25, -0.2) is 9.78 Å². The van der Waals surface area contributed by atoms with Crippen molar-refractivity contribution in [3.8, 4) is 0 Å². The highest BCUT2D eigenvalue weighted by molar-refractivity contribution is 9.10. The summed E-state index contributed by atoms with van der Waals surface area (Å²) in [6.45, 7) is -0.355. The maximum Gasteiger partial charge on any atom is 0.334 e. The quantitative estimate of drug-likeness (QED) is 0.725. The maximum atomic E-state index is 11.4. The molecule has 0 saturated carbocycles. The Labute approximate surface area is 99.4 Å². The van der Waals surface area contributed by atoms with Crippen molar-refractivity contribution in [1.82, 2.24) is 10.3 Å². The van der Waals surface area contributed by atoms with Gasteiger partial charge in [0.1, 0.15) is 5.69 Å². The molecule has 0 aliphatic heterocycles. The monoisotopic (exact) mass is 288 g/mol. The van der Waals surface area contributed by atoms with Gasteiger partial charge in [0.25, 0.3) is 5.91 Å². The van der Waals surface area contributed by atoms with Crippen LogP contribution in [0, 0.1) is 0 Å². The van der Waals surface area contributed by atoms with Gasteiger partial charge in [0.05, 0.1) is 6.54 Å². The van der Waals surface area contributed by atoms with E-state index >= 15 is 0 Å². The first kappa shape index (κ1) is 12.6. The number of carboxylic acids is 1. The molecule has 0 radical (unpaired) electrons. The highest BCUT2D eigenvalue weighted by Crippen LogP contribution is 2.07. The zero-order valence-electron chi connectivity index (χ0n) is 8.05. The molecule has 16 heavy (non-hydrogen) atoms. The van der Waals surface area contributed by atoms with Crippen LogP contribution in [0.2, 0.25) is 0 Å². The Morgan fingerprint density at radius 2 is 2.19 bits per heavy atom. The Balaban J connectivity index is 2.53. The van der Waals surface area contributed by atoms with Crippen molar-refractivity contribution in [2.75, 3.05) is 6.54 Å². The number of aliphatic hydroxyl groups excluding tert-OH is 1. The van der Waals surface area contributed by atoms with Crippen LogP contribution in [0.4, 0.5) is 0 Å². The molecular formula is C9H9BrN2O4. The zero-order valence-corrected chi connectivity index (χ0v) is 9.64. The third-order valence-electron chi connectivity index (χ3n) is 1.70. The number of nitrogens with one attached hydrogen (secondary N) is 1. The number of aromatic nitrogens is 1. The first-order valence-corrected chi connectivity index (χ1v) is 5.10. The minimum Gasteiger partial charge on any atom is -0.479 e. The van der Waals surface area contributed by atoms with E-state index in [0.29, 0.717) is 0 Å². The highest BCUT2D eigenvalue weighted by Gasteiger charge is 2.15. The van der Waals surface area contributed by atoms with Gasteiger partial charge >= 0.3 is 5.97 Å². The number of rotatable bonds is 4. The molecule has 0 bridgehead atoms. The van der Waals surface area contributed by atoms with Crippen molar-refractivity contribution in [1.29, 1.82) is 0 Å². The fraction of sp³-hybridized carbons (Fsp3) is 0.222. The second-order valence-corrected chi connectivity index (χ2v) is 3.84. The average molecular weight is 289 g/mol. The lowest BCUT2D eigenvalue weighted by Crippen LogP contribution is -2.36. The molecule has 1 atom stereocenters. The molecule has 0 fully saturated rings. The van der Waals surface area contributed by atoms with E-state index in [0.717, 1.165) is 4.47 Å². The van der Waals surface area contributed by atoms with Gasteiger partial charge in [-0.15, -0.1) is 0 Å². The zero-order chi connectivity index (χ0) is 12.1. The van der Waals surface area contributed by atoms with E-state index in [4.69, 9.17) is 10.2 Å². The molecule has 1 aromatic rings. The third-order valence-corrected chi connectivity index (χ3v) is 2.17. The summed E-state index contributed by atoms with van der Waals surface area (Å²) >= 11 is 3.16. The first-order chi connectivity index (χ1) is 7.50. The van der Waals surface area contributed by atoms with Gasteiger partial charge in [0.15, 0.2) is 6.10 Å². The van der Waals surface area contributed by atoms with Gasteiger partial charge in [-0.05, 0) is 28.1 Å². The first-order valence-electron chi connectivity index (χ1n) is 4.31. The predicted octanol–water partition coefficient (Wildman–Crippen LogP) is 0.0194. The third kappa shape index (κ3) is 3.59. The fourth-order valence-corrected chi connectivity index (χ4v) is 1.11. The smallest absolute Gasteiger partial charge is 0.334 e. The van der Waals surface area contributed by atoms with E-state index in [9.17, 15) is 9.59 Å². The number of pyridine rings is 1. The van der Waals surface area contributed by atoms with E-state index in [2.05, 4.69) is 26.2 Å². The van der Waals surface area contributed by atoms with Gasteiger partial charge in [-0.3, -0.25) is 4.79 Å². The summed E-state index contributed by atoms with van der Waals surface area (Å²) in [6, 6.07) is 3.11. The highest BCUT2D eigenvalue weighted by atomic mass is 79.9. The minimum absolute atomic E-state index is 0.154. The second kappa shape index (κ2) is 5.57. The average Bonchev–Trinajstić information content (AvgIpc) is 2.26. The summed E-state index contributed by atoms with van der Waals surface area (Å²) in [4.78, 5) is 25.5. The van der Waals surface area contributed by atoms with Gasteiger partial charge in [0, 0.05) is 10.7 Å². The Morgan fingerprint density at radius 1 is 1.50 bits per heavy atom. The van der Waals surface area contributed by atoms with Crippen LogP contribution in [-0.4, -0.2) is 39.7 Å². The van der Waals surface area contributed by atoms with Gasteiger partial charge < -0.3 is 15.5 Å². The maximum absolute atomic E-state index is 11.4. The van der Waals surface area contributed by atoms with E-state index in [1.807, 2.05) is 0 Å². The van der Waals surface area contributed by atoms with Crippen LogP contribution in [0.3, 0.4) is 0 Å². The molecule has 0 saturated heterocycles. The molecule has 1 amide bonds. The van der Waals surface area contributed by atoms with Crippen LogP contribution in [0.25, 0.3) is 0 Å². The second-order valence-electron chi connectivity index (χ2n) is 2.93. The van der Waals surface area contributed by atoms with Crippen LogP contribution >= 0.6 is 15.9 Å². The largest absolute Gasteiger partial charge is 0.479 e. The van der Waals surface area contributed by atoms with Gasteiger partial charge in [-0.2, -0.15) is 0 Å². The normalized spacial score (nSPS) is 11.9. The Hall–Kier alpha value is -1.47. The molecule has 1 heterocycles. The summed E-state index contributed by atoms with van der Waals surface area (Å²) in [5.41, 5.74) is 0.154. The topological polar surface area (TPSA) is 99.5 Å². The number of nitrogens with zero attached hydrogens (tertiary/aromatic N) is 1. The molecule has 6 nitrogen and oxygen atoms in total. The number of carbonyl (C=O) groups is 2. The number of carboxylic acid groups (broad SMARTS) is 1. The molecule has 1 rings (SSSR count). The lowest BCUT2D eigenvalue weighted by molar-refractivity contribution is -0.146. The lowest BCUT2D eigenvalue weighted by Gasteiger charge is -2.07. The molecule has 3 N–H and O–H groups in total. The van der Waals surface area contributed by atoms with E-state index in [-0.39, 0.29) is 12.2 Å². The molecule has 0 aromatic carbocycles. The van der Waals surface area contributed by atoms with Crippen LogP contribution in [-0.2, 0) is 4.79 Å². The number of halogens is 1. The van der Waals surface area contributed by atoms with Crippen molar-refractivity contribution >= 4 is 27.8 Å². The molecule has 0 aliphatic rings. The van der Waals surface area contributed by atoms with Gasteiger partial charge in [-0.1, -0.05) is 0 Å². The molecule has 0 aliphatic carbocycles. The van der Waals surface area contributed by atoms with Gasteiger partial charge in [0.2, 0.25) is 0 Å². The summed E-state index contributed by atoms with van der Waals surface area (Å²) in [7, 11) is 0. The molecule has 86 valence electrons. The Morgan fingerprint density at radius 3 is 2.69 bits per heavy atom. The van der Waals surface area contributed by atoms with Crippen molar-refractivity contribution in [2.45, 2.75) is 6.10 Å². The standard InChI is InChI=1S/C9H9BrN2O4/c10-5-1-2-6(11-3-5)8(14)12-4-7(13)9(15)16/h1-3,7,13H,4H2,(H,12,14)(H,15,16). The summed E-state index contributed by atoms with van der Waals surface area (Å²) in [5.74, 6) is -1.92. The van der Waals surface area contributed by atoms with Crippen molar-refractivity contribution in [3.05, 3.63) is 28.5 Å². The molecular weight excluding hydrogens is 280 g/mol. The van der Waals surface area contributed by atoms with Crippen molar-refractivity contribution < 1.29 is 19.8 Å². The number of aliphatic carboxylic acids is 1. The van der Waals surface area contributed by atoms with Crippen molar-refractivity contribution in [2.24, 2.45) is 0 Å². The molecule has 7 heteroatoms. The predicted molar refractivity (Wildman–Crippen MR) is 57.9 cm³/mol. The van der Waals surface area contributed by atoms with Crippen LogP contribution in [0.1, 0.15) is 10.5 Å². The summed E-state index contributed by atoms with van der Waals surface area (Å²) in [5, 5.41) is 19.6. The molecule has 1 aromatic heterocycles. The molecule has 1 unspecified atom stereocenters. The fourth-order valence-electron chi connectivity index (χ4n) is 0.877. The number of hydrogen-bond acceptors (Lipinski definition) is 4. The number of hydrogen-bond donors (Lipinski definition) is 3. The van der Waals surface area contributed by atoms with Crippen LogP contribution in [0.15, 0.2) is 22.8 Å². The van der Waals surface area contributed by atoms with Crippen LogP contribution < -0.4 is 5.32 Å². The SMILES string of the molecule is O=C(NCC(O)C(=O)O)c1ccc(Br)cn1. The van der Waals surface area contributed by atoms with Crippen LogP contribution in [0.5, 0.6) is 0 Å². The number of amides is 1. The van der Waals surface area contributed by atoms with E-state index < -0.39 is 18.0 Å². The van der Waals surface area contributed by atoms with Crippen molar-refractivity contribution in [3.63, 3.8) is 0 Å². The Bertz CT molecular complexity index is 393. The summed E-state index contributed by atoms with van der Waals surface area (Å²) < 4.78 is 0.731. The van der Waals surface area contributed by atoms with E-state index in [1.165, 1.54) is 12.3 Å².